The van der Waals surface area contributed by atoms with E-state index in [9.17, 15) is 4.79 Å². The first kappa shape index (κ1) is 54.6. The number of hydrogen-bond donors (Lipinski definition) is 0. The Hall–Kier alpha value is -1.35. The number of amides is 1. The van der Waals surface area contributed by atoms with Crippen molar-refractivity contribution in [1.82, 2.24) is 9.80 Å². The number of hydrogen-bond acceptors (Lipinski definition) is 2. The normalized spacial score (nSPS) is 13.3. The Morgan fingerprint density at radius 1 is 0.393 bits per heavy atom. The number of nitrogens with zero attached hydrogens (tertiary/aromatic N) is 2. The fraction of sp³-hybridized carbons (Fsp3) is 0.868. The van der Waals surface area contributed by atoms with Gasteiger partial charge < -0.3 is 9.80 Å². The topological polar surface area (TPSA) is 23.6 Å². The summed E-state index contributed by atoms with van der Waals surface area (Å²) < 4.78 is 0. The van der Waals surface area contributed by atoms with Crippen molar-refractivity contribution in [2.45, 2.75) is 265 Å². The van der Waals surface area contributed by atoms with E-state index in [0.29, 0.717) is 11.9 Å². The maximum Gasteiger partial charge on any atom is 0.225 e. The summed E-state index contributed by atoms with van der Waals surface area (Å²) >= 11 is 0. The number of allylic oxidation sites excluding steroid dienone is 6. The van der Waals surface area contributed by atoms with Crippen LogP contribution < -0.4 is 0 Å². The van der Waals surface area contributed by atoms with Crippen molar-refractivity contribution in [1.29, 1.82) is 0 Å². The molecule has 0 saturated heterocycles. The fourth-order valence-electron chi connectivity index (χ4n) is 8.20. The zero-order valence-corrected chi connectivity index (χ0v) is 39.3. The second-order valence-electron chi connectivity index (χ2n) is 17.8. The number of carbonyl (C=O) groups excluding carboxylic acids is 1. The summed E-state index contributed by atoms with van der Waals surface area (Å²) in [7, 11) is 4.34. The van der Waals surface area contributed by atoms with E-state index in [1.807, 2.05) is 0 Å². The first-order valence-electron chi connectivity index (χ1n) is 25.4. The Labute approximate surface area is 353 Å². The van der Waals surface area contributed by atoms with Gasteiger partial charge in [0.1, 0.15) is 0 Å². The molecule has 3 nitrogen and oxygen atoms in total. The Morgan fingerprint density at radius 2 is 0.750 bits per heavy atom. The Morgan fingerprint density at radius 3 is 1.20 bits per heavy atom. The average molecular weight is 783 g/mol. The maximum atomic E-state index is 14.6. The summed E-state index contributed by atoms with van der Waals surface area (Å²) in [5.41, 5.74) is 0. The molecule has 0 aliphatic carbocycles. The molecule has 1 amide bonds. The molecular formula is C53H102N2O. The summed E-state index contributed by atoms with van der Waals surface area (Å²) in [6, 6.07) is 0.427. The highest BCUT2D eigenvalue weighted by atomic mass is 16.2. The van der Waals surface area contributed by atoms with Crippen molar-refractivity contribution in [3.63, 3.8) is 0 Å². The SMILES string of the molecule is CCCCC/C=C\C/C=C\CCCCCCCCC(CCCCCCCCCCC/C=C\CCCCC)C(=O)N(CCCN(C)C)C(CCCC)CCCCC. The third kappa shape index (κ3) is 37.0. The molecule has 2 unspecified atom stereocenters. The third-order valence-corrected chi connectivity index (χ3v) is 11.9. The van der Waals surface area contributed by atoms with Crippen molar-refractivity contribution in [3.05, 3.63) is 36.5 Å². The molecule has 3 heteroatoms. The van der Waals surface area contributed by atoms with Crippen molar-refractivity contribution in [3.8, 4) is 0 Å². The lowest BCUT2D eigenvalue weighted by molar-refractivity contribution is -0.139. The van der Waals surface area contributed by atoms with Gasteiger partial charge in [-0.25, -0.2) is 0 Å². The molecule has 2 atom stereocenters. The van der Waals surface area contributed by atoms with E-state index in [1.165, 1.54) is 205 Å². The standard InChI is InChI=1S/C53H102N2O/c1-7-11-15-17-19-21-23-25-27-29-31-33-35-37-39-42-45-51(46-43-40-38-36-34-32-30-28-26-24-22-20-18-16-12-8-2)53(56)55(50-44-49-54(5)6)52(47-14-10-4)48-41-13-9-3/h19-22,25,27,51-52H,7-18,23-24,26,28-50H2,1-6H3/b21-19-,22-20-,27-25-. The Bertz CT molecular complexity index is 875. The molecule has 0 fully saturated rings. The molecular weight excluding hydrogens is 681 g/mol. The van der Waals surface area contributed by atoms with Crippen LogP contribution in [0, 0.1) is 5.92 Å². The first-order chi connectivity index (χ1) is 27.5. The smallest absolute Gasteiger partial charge is 0.225 e. The monoisotopic (exact) mass is 783 g/mol. The van der Waals surface area contributed by atoms with Gasteiger partial charge in [-0.3, -0.25) is 4.79 Å². The van der Waals surface area contributed by atoms with Gasteiger partial charge >= 0.3 is 0 Å². The van der Waals surface area contributed by atoms with E-state index >= 15 is 0 Å². The Balaban J connectivity index is 4.94. The molecule has 0 heterocycles. The highest BCUT2D eigenvalue weighted by molar-refractivity contribution is 5.79. The van der Waals surface area contributed by atoms with E-state index in [4.69, 9.17) is 0 Å². The molecule has 0 rings (SSSR count). The predicted octanol–water partition coefficient (Wildman–Crippen LogP) is 17.2. The van der Waals surface area contributed by atoms with Gasteiger partial charge in [-0.05, 0) is 111 Å². The van der Waals surface area contributed by atoms with E-state index in [-0.39, 0.29) is 5.92 Å². The van der Waals surface area contributed by atoms with E-state index in [0.717, 1.165) is 38.8 Å². The second kappa shape index (κ2) is 44.7. The van der Waals surface area contributed by atoms with Crippen LogP contribution in [0.3, 0.4) is 0 Å². The fourth-order valence-corrected chi connectivity index (χ4v) is 8.20. The summed E-state index contributed by atoms with van der Waals surface area (Å²) in [6.45, 7) is 11.2. The van der Waals surface area contributed by atoms with Gasteiger partial charge in [0, 0.05) is 18.5 Å². The molecule has 0 aromatic heterocycles. The van der Waals surface area contributed by atoms with E-state index in [2.05, 4.69) is 88.0 Å². The average Bonchev–Trinajstić information content (AvgIpc) is 3.19. The van der Waals surface area contributed by atoms with Crippen LogP contribution in [0.1, 0.15) is 259 Å². The predicted molar refractivity (Wildman–Crippen MR) is 254 cm³/mol. The molecule has 0 spiro atoms. The van der Waals surface area contributed by atoms with Crippen LogP contribution in [-0.2, 0) is 4.79 Å². The molecule has 0 N–H and O–H groups in total. The zero-order valence-electron chi connectivity index (χ0n) is 39.3. The molecule has 56 heavy (non-hydrogen) atoms. The van der Waals surface area contributed by atoms with Gasteiger partial charge in [0.25, 0.3) is 0 Å². The minimum Gasteiger partial charge on any atom is -0.339 e. The van der Waals surface area contributed by atoms with Crippen LogP contribution in [0.2, 0.25) is 0 Å². The van der Waals surface area contributed by atoms with Crippen molar-refractivity contribution in [2.75, 3.05) is 27.2 Å². The molecule has 0 saturated carbocycles. The van der Waals surface area contributed by atoms with Gasteiger partial charge in [-0.2, -0.15) is 0 Å². The van der Waals surface area contributed by atoms with E-state index in [1.54, 1.807) is 0 Å². The van der Waals surface area contributed by atoms with Crippen LogP contribution in [0.5, 0.6) is 0 Å². The lowest BCUT2D eigenvalue weighted by Gasteiger charge is -2.35. The van der Waals surface area contributed by atoms with Gasteiger partial charge in [-0.1, -0.05) is 205 Å². The van der Waals surface area contributed by atoms with Gasteiger partial charge in [0.15, 0.2) is 0 Å². The molecule has 0 aromatic carbocycles. The molecule has 0 radical (unpaired) electrons. The quantitative estimate of drug-likeness (QED) is 0.0454. The highest BCUT2D eigenvalue weighted by Gasteiger charge is 2.28. The minimum atomic E-state index is 0.219. The van der Waals surface area contributed by atoms with Crippen LogP contribution in [-0.4, -0.2) is 48.9 Å². The largest absolute Gasteiger partial charge is 0.339 e. The zero-order chi connectivity index (χ0) is 41.0. The molecule has 0 bridgehead atoms. The van der Waals surface area contributed by atoms with Gasteiger partial charge in [0.05, 0.1) is 0 Å². The summed E-state index contributed by atoms with van der Waals surface area (Å²) in [6.07, 6.45) is 60.3. The van der Waals surface area contributed by atoms with Crippen molar-refractivity contribution >= 4 is 5.91 Å². The van der Waals surface area contributed by atoms with Crippen LogP contribution in [0.15, 0.2) is 36.5 Å². The Kier molecular flexibility index (Phi) is 43.7. The van der Waals surface area contributed by atoms with Gasteiger partial charge in [-0.15, -0.1) is 0 Å². The van der Waals surface area contributed by atoms with Gasteiger partial charge in [0.2, 0.25) is 5.91 Å². The summed E-state index contributed by atoms with van der Waals surface area (Å²) in [5.74, 6) is 0.732. The number of carbonyl (C=O) groups is 1. The number of rotatable bonds is 44. The first-order valence-corrected chi connectivity index (χ1v) is 25.4. The van der Waals surface area contributed by atoms with E-state index < -0.39 is 0 Å². The summed E-state index contributed by atoms with van der Waals surface area (Å²) in [5, 5.41) is 0. The third-order valence-electron chi connectivity index (χ3n) is 11.9. The van der Waals surface area contributed by atoms with Crippen molar-refractivity contribution < 1.29 is 4.79 Å². The van der Waals surface area contributed by atoms with Crippen LogP contribution >= 0.6 is 0 Å². The maximum absolute atomic E-state index is 14.6. The second-order valence-corrected chi connectivity index (χ2v) is 17.8. The molecule has 0 aromatic rings. The highest BCUT2D eigenvalue weighted by Crippen LogP contribution is 2.26. The van der Waals surface area contributed by atoms with Crippen molar-refractivity contribution in [2.24, 2.45) is 5.92 Å². The molecule has 330 valence electrons. The number of unbranched alkanes of at least 4 members (excludes halogenated alkanes) is 24. The molecule has 0 aliphatic rings. The van der Waals surface area contributed by atoms with Crippen LogP contribution in [0.4, 0.5) is 0 Å². The van der Waals surface area contributed by atoms with Crippen LogP contribution in [0.25, 0.3) is 0 Å². The lowest BCUT2D eigenvalue weighted by atomic mass is 9.91. The molecule has 0 aliphatic heterocycles. The lowest BCUT2D eigenvalue weighted by Crippen LogP contribution is -2.45. The summed E-state index contributed by atoms with van der Waals surface area (Å²) in [4.78, 5) is 19.4. The minimum absolute atomic E-state index is 0.219.